The van der Waals surface area contributed by atoms with E-state index in [0.29, 0.717) is 23.4 Å². The first-order chi connectivity index (χ1) is 7.58. The highest BCUT2D eigenvalue weighted by Gasteiger charge is 2.37. The van der Waals surface area contributed by atoms with Crippen molar-refractivity contribution in [2.75, 3.05) is 13.1 Å². The van der Waals surface area contributed by atoms with Gasteiger partial charge in [0.2, 0.25) is 0 Å². The molecule has 2 rings (SSSR count). The maximum atomic E-state index is 9.97. The van der Waals surface area contributed by atoms with E-state index >= 15 is 0 Å². The molecule has 4 atom stereocenters. The minimum Gasteiger partial charge on any atom is -0.389 e. The molecule has 0 aromatic heterocycles. The summed E-state index contributed by atoms with van der Waals surface area (Å²) in [5, 5.41) is 30.6. The van der Waals surface area contributed by atoms with Gasteiger partial charge in [0.1, 0.15) is 0 Å². The van der Waals surface area contributed by atoms with Crippen molar-refractivity contribution < 1.29 is 10.2 Å². The largest absolute Gasteiger partial charge is 0.389 e. The number of aliphatic hydroxyl groups excluding tert-OH is 2. The third-order valence-corrected chi connectivity index (χ3v) is 4.77. The Hall–Kier alpha value is -0.440. The monoisotopic (exact) mass is 262 g/mol. The topological polar surface area (TPSA) is 115 Å². The number of rotatable bonds is 3. The molecule has 0 unspecified atom stereocenters. The summed E-state index contributed by atoms with van der Waals surface area (Å²) in [5.74, 6) is 0. The van der Waals surface area contributed by atoms with Crippen LogP contribution in [0.3, 0.4) is 0 Å². The number of hydrogen-bond acceptors (Lipinski definition) is 7. The molecule has 0 bridgehead atoms. The van der Waals surface area contributed by atoms with Crippen molar-refractivity contribution in [3.8, 4) is 0 Å². The van der Waals surface area contributed by atoms with E-state index in [0.717, 1.165) is 0 Å². The minimum absolute atomic E-state index is 0.176. The lowest BCUT2D eigenvalue weighted by Gasteiger charge is -2.25. The number of aliphatic hydroxyl groups is 2. The smallest absolute Gasteiger partial charge is 0.154 e. The summed E-state index contributed by atoms with van der Waals surface area (Å²) in [6.07, 6.45) is -1.72. The van der Waals surface area contributed by atoms with Crippen LogP contribution < -0.4 is 11.1 Å². The number of hydrogen-bond donors (Lipinski definition) is 5. The van der Waals surface area contributed by atoms with Gasteiger partial charge < -0.3 is 21.3 Å². The van der Waals surface area contributed by atoms with Gasteiger partial charge in [-0.3, -0.25) is 10.4 Å². The molecule has 2 heterocycles. The number of nitrogens with two attached hydrogens (primary N) is 1. The Morgan fingerprint density at radius 3 is 2.56 bits per heavy atom. The molecule has 0 aromatic carbocycles. The van der Waals surface area contributed by atoms with Crippen LogP contribution in [-0.4, -0.2) is 56.3 Å². The van der Waals surface area contributed by atoms with Crippen molar-refractivity contribution in [1.29, 1.82) is 5.41 Å². The van der Waals surface area contributed by atoms with Crippen LogP contribution in [-0.2, 0) is 0 Å². The molecule has 0 spiro atoms. The van der Waals surface area contributed by atoms with Crippen LogP contribution in [0.25, 0.3) is 0 Å². The van der Waals surface area contributed by atoms with Gasteiger partial charge in [-0.05, 0) is 0 Å². The van der Waals surface area contributed by atoms with Crippen molar-refractivity contribution in [3.63, 3.8) is 0 Å². The maximum Gasteiger partial charge on any atom is 0.154 e. The van der Waals surface area contributed by atoms with Gasteiger partial charge in [-0.1, -0.05) is 23.5 Å². The van der Waals surface area contributed by atoms with Crippen LogP contribution in [0, 0.1) is 5.41 Å². The number of nitrogens with zero attached hydrogens (tertiary/aromatic N) is 1. The van der Waals surface area contributed by atoms with E-state index in [4.69, 9.17) is 11.1 Å². The lowest BCUT2D eigenvalue weighted by Crippen LogP contribution is -2.43. The highest BCUT2D eigenvalue weighted by molar-refractivity contribution is 8.15. The number of thioether (sulfide) groups is 2. The Labute approximate surface area is 102 Å². The lowest BCUT2D eigenvalue weighted by molar-refractivity contribution is 0.0207. The summed E-state index contributed by atoms with van der Waals surface area (Å²) in [5.41, 5.74) is 5.51. The van der Waals surface area contributed by atoms with Crippen LogP contribution in [0.5, 0.6) is 0 Å². The zero-order chi connectivity index (χ0) is 11.7. The molecule has 2 aliphatic heterocycles. The van der Waals surface area contributed by atoms with Gasteiger partial charge in [-0.25, -0.2) is 0 Å². The van der Waals surface area contributed by atoms with Gasteiger partial charge in [0.15, 0.2) is 10.3 Å². The molecule has 2 aliphatic rings. The SMILES string of the molecule is N=C1NC[C@H]([C@@H](O)[C@H](O)[C@H]2CN=C(N)S2)S1. The summed E-state index contributed by atoms with van der Waals surface area (Å²) in [6, 6.07) is 0. The molecule has 1 saturated heterocycles. The van der Waals surface area contributed by atoms with Gasteiger partial charge in [0.05, 0.1) is 29.3 Å². The Balaban J connectivity index is 1.89. The van der Waals surface area contributed by atoms with Gasteiger partial charge >= 0.3 is 0 Å². The fourth-order valence-electron chi connectivity index (χ4n) is 1.65. The van der Waals surface area contributed by atoms with Crippen LogP contribution in [0.15, 0.2) is 4.99 Å². The van der Waals surface area contributed by atoms with Crippen LogP contribution in [0.4, 0.5) is 0 Å². The van der Waals surface area contributed by atoms with Gasteiger partial charge in [0, 0.05) is 6.54 Å². The Morgan fingerprint density at radius 1 is 1.38 bits per heavy atom. The van der Waals surface area contributed by atoms with Crippen molar-refractivity contribution in [2.24, 2.45) is 10.7 Å². The Bertz CT molecular complexity index is 325. The highest BCUT2D eigenvalue weighted by atomic mass is 32.2. The second-order valence-electron chi connectivity index (χ2n) is 3.68. The molecule has 90 valence electrons. The van der Waals surface area contributed by atoms with E-state index < -0.39 is 12.2 Å². The predicted octanol–water partition coefficient (Wildman–Crippen LogP) is -1.22. The number of amidine groups is 2. The molecule has 16 heavy (non-hydrogen) atoms. The first-order valence-corrected chi connectivity index (χ1v) is 6.65. The van der Waals surface area contributed by atoms with Crippen molar-refractivity contribution >= 4 is 33.9 Å². The third kappa shape index (κ3) is 2.45. The second-order valence-corrected chi connectivity index (χ2v) is 6.19. The van der Waals surface area contributed by atoms with Gasteiger partial charge in [0.25, 0.3) is 0 Å². The maximum absolute atomic E-state index is 9.97. The molecule has 6 N–H and O–H groups in total. The Kier molecular flexibility index (Phi) is 3.63. The van der Waals surface area contributed by atoms with Crippen molar-refractivity contribution in [3.05, 3.63) is 0 Å². The second kappa shape index (κ2) is 4.82. The van der Waals surface area contributed by atoms with Crippen LogP contribution in [0.1, 0.15) is 0 Å². The summed E-state index contributed by atoms with van der Waals surface area (Å²) in [6.45, 7) is 0.951. The predicted molar refractivity (Wildman–Crippen MR) is 67.0 cm³/mol. The highest BCUT2D eigenvalue weighted by Crippen LogP contribution is 2.28. The average molecular weight is 262 g/mol. The van der Waals surface area contributed by atoms with Crippen molar-refractivity contribution in [2.45, 2.75) is 22.7 Å². The Morgan fingerprint density at radius 2 is 2.06 bits per heavy atom. The van der Waals surface area contributed by atoms with E-state index in [1.807, 2.05) is 0 Å². The molecule has 6 nitrogen and oxygen atoms in total. The fourth-order valence-corrected chi connectivity index (χ4v) is 3.49. The van der Waals surface area contributed by atoms with Gasteiger partial charge in [-0.2, -0.15) is 0 Å². The van der Waals surface area contributed by atoms with Gasteiger partial charge in [-0.15, -0.1) is 0 Å². The molecule has 8 heteroatoms. The number of nitrogens with one attached hydrogen (secondary N) is 2. The van der Waals surface area contributed by atoms with E-state index in [1.54, 1.807) is 0 Å². The summed E-state index contributed by atoms with van der Waals surface area (Å²) in [7, 11) is 0. The molecule has 0 aromatic rings. The van der Waals surface area contributed by atoms with E-state index in [9.17, 15) is 10.2 Å². The molecule has 0 aliphatic carbocycles. The first kappa shape index (κ1) is 12.0. The summed E-state index contributed by atoms with van der Waals surface area (Å²) in [4.78, 5) is 3.98. The normalized spacial score (nSPS) is 33.4. The average Bonchev–Trinajstić information content (AvgIpc) is 2.85. The fraction of sp³-hybridized carbons (Fsp3) is 0.750. The molecule has 1 fully saturated rings. The summed E-state index contributed by atoms with van der Waals surface area (Å²) < 4.78 is 0. The third-order valence-electron chi connectivity index (χ3n) is 2.54. The summed E-state index contributed by atoms with van der Waals surface area (Å²) >= 11 is 2.54. The van der Waals surface area contributed by atoms with E-state index in [-0.39, 0.29) is 10.5 Å². The zero-order valence-electron chi connectivity index (χ0n) is 8.46. The van der Waals surface area contributed by atoms with Crippen LogP contribution >= 0.6 is 23.5 Å². The molecule has 0 radical (unpaired) electrons. The van der Waals surface area contributed by atoms with Crippen molar-refractivity contribution in [1.82, 2.24) is 5.32 Å². The molecule has 0 saturated carbocycles. The molecular weight excluding hydrogens is 248 g/mol. The van der Waals surface area contributed by atoms with E-state index in [2.05, 4.69) is 10.3 Å². The van der Waals surface area contributed by atoms with Crippen LogP contribution in [0.2, 0.25) is 0 Å². The quantitative estimate of drug-likeness (QED) is 0.435. The standard InChI is InChI=1S/C8H14N4O2S2/c9-7-11-1-3(15-7)5(13)6(14)4-2-12-8(10)16-4/h3-6,13-14H,1-2H2,(H2,9,11)(H2,10,12)/t3-,4-,5-,6-/m1/s1. The molecule has 0 amide bonds. The minimum atomic E-state index is -0.862. The molecular formula is C8H14N4O2S2. The van der Waals surface area contributed by atoms with E-state index in [1.165, 1.54) is 23.5 Å². The first-order valence-electron chi connectivity index (χ1n) is 4.89. The lowest BCUT2D eigenvalue weighted by atomic mass is 10.1. The number of aliphatic imine (C=N–C) groups is 1. The zero-order valence-corrected chi connectivity index (χ0v) is 10.1.